The van der Waals surface area contributed by atoms with Gasteiger partial charge in [0.05, 0.1) is 0 Å². The molecule has 1 saturated heterocycles. The molecular weight excluding hydrogens is 278 g/mol. The van der Waals surface area contributed by atoms with Gasteiger partial charge in [-0.15, -0.1) is 0 Å². The monoisotopic (exact) mass is 307 g/mol. The molecular formula is C22H29N. The topological polar surface area (TPSA) is 3.24 Å². The van der Waals surface area contributed by atoms with Gasteiger partial charge in [0.1, 0.15) is 0 Å². The van der Waals surface area contributed by atoms with Gasteiger partial charge in [0.25, 0.3) is 0 Å². The van der Waals surface area contributed by atoms with E-state index in [4.69, 9.17) is 0 Å². The van der Waals surface area contributed by atoms with E-state index in [2.05, 4.69) is 79.4 Å². The third-order valence-corrected chi connectivity index (χ3v) is 5.39. The predicted molar refractivity (Wildman–Crippen MR) is 98.8 cm³/mol. The van der Waals surface area contributed by atoms with Crippen LogP contribution in [-0.4, -0.2) is 24.5 Å². The molecule has 2 aromatic carbocycles. The lowest BCUT2D eigenvalue weighted by Crippen LogP contribution is -2.43. The summed E-state index contributed by atoms with van der Waals surface area (Å²) in [5.74, 6) is 0.796. The molecule has 122 valence electrons. The Bertz CT molecular complexity index is 538. The fraction of sp³-hybridized carbons (Fsp3) is 0.455. The highest BCUT2D eigenvalue weighted by Crippen LogP contribution is 2.41. The Balaban J connectivity index is 1.82. The van der Waals surface area contributed by atoms with Crippen molar-refractivity contribution in [3.05, 3.63) is 71.8 Å². The summed E-state index contributed by atoms with van der Waals surface area (Å²) in [4.78, 5) is 2.66. The van der Waals surface area contributed by atoms with E-state index in [1.54, 1.807) is 0 Å². The number of benzene rings is 2. The Hall–Kier alpha value is -1.60. The first-order chi connectivity index (χ1) is 11.2. The quantitative estimate of drug-likeness (QED) is 0.741. The van der Waals surface area contributed by atoms with Crippen LogP contribution in [0.1, 0.15) is 44.2 Å². The summed E-state index contributed by atoms with van der Waals surface area (Å²) in [7, 11) is 0. The lowest BCUT2D eigenvalue weighted by atomic mass is 9.68. The first kappa shape index (κ1) is 16.3. The van der Waals surface area contributed by atoms with Crippen LogP contribution in [0.25, 0.3) is 0 Å². The van der Waals surface area contributed by atoms with Crippen LogP contribution in [0.2, 0.25) is 0 Å². The smallest absolute Gasteiger partial charge is 0.0227 e. The molecule has 0 atom stereocenters. The maximum absolute atomic E-state index is 2.66. The van der Waals surface area contributed by atoms with Gasteiger partial charge in [0.2, 0.25) is 0 Å². The van der Waals surface area contributed by atoms with Crippen molar-refractivity contribution in [1.82, 2.24) is 4.90 Å². The van der Waals surface area contributed by atoms with E-state index in [0.717, 1.165) is 5.92 Å². The summed E-state index contributed by atoms with van der Waals surface area (Å²) in [5.41, 5.74) is 3.15. The van der Waals surface area contributed by atoms with Gasteiger partial charge < -0.3 is 4.90 Å². The van der Waals surface area contributed by atoms with Crippen LogP contribution in [0.15, 0.2) is 60.7 Å². The zero-order valence-electron chi connectivity index (χ0n) is 14.5. The Kier molecular flexibility index (Phi) is 5.17. The van der Waals surface area contributed by atoms with E-state index in [1.165, 1.54) is 50.0 Å². The number of hydrogen-bond donors (Lipinski definition) is 0. The minimum atomic E-state index is 0.191. The molecule has 0 N–H and O–H groups in total. The van der Waals surface area contributed by atoms with Crippen LogP contribution in [0.4, 0.5) is 0 Å². The third kappa shape index (κ3) is 3.67. The van der Waals surface area contributed by atoms with Gasteiger partial charge in [-0.25, -0.2) is 0 Å². The minimum Gasteiger partial charge on any atom is -0.303 e. The van der Waals surface area contributed by atoms with Gasteiger partial charge in [0.15, 0.2) is 0 Å². The number of hydrogen-bond acceptors (Lipinski definition) is 1. The Labute approximate surface area is 141 Å². The number of nitrogens with zero attached hydrogens (tertiary/aromatic N) is 1. The Morgan fingerprint density at radius 2 is 1.30 bits per heavy atom. The fourth-order valence-corrected chi connectivity index (χ4v) is 3.86. The zero-order valence-corrected chi connectivity index (χ0v) is 14.5. The zero-order chi connectivity index (χ0) is 16.1. The second-order valence-corrected chi connectivity index (χ2v) is 7.34. The van der Waals surface area contributed by atoms with Crippen LogP contribution in [0.5, 0.6) is 0 Å². The lowest BCUT2D eigenvalue weighted by molar-refractivity contribution is 0.172. The van der Waals surface area contributed by atoms with Crippen molar-refractivity contribution in [2.24, 2.45) is 5.92 Å². The Morgan fingerprint density at radius 3 is 1.74 bits per heavy atom. The molecule has 1 aliphatic rings. The molecule has 1 heteroatoms. The van der Waals surface area contributed by atoms with Gasteiger partial charge in [-0.05, 0) is 55.9 Å². The highest BCUT2D eigenvalue weighted by atomic mass is 15.1. The van der Waals surface area contributed by atoms with Crippen LogP contribution in [0, 0.1) is 5.92 Å². The van der Waals surface area contributed by atoms with E-state index in [-0.39, 0.29) is 5.41 Å². The average molecular weight is 307 g/mol. The van der Waals surface area contributed by atoms with Crippen molar-refractivity contribution in [2.75, 3.05) is 19.6 Å². The number of rotatable bonds is 5. The highest BCUT2D eigenvalue weighted by Gasteiger charge is 2.37. The normalized spacial score (nSPS) is 18.2. The highest BCUT2D eigenvalue weighted by molar-refractivity contribution is 5.40. The molecule has 2 aromatic rings. The van der Waals surface area contributed by atoms with Gasteiger partial charge in [-0.1, -0.05) is 74.5 Å². The summed E-state index contributed by atoms with van der Waals surface area (Å²) in [6, 6.07) is 22.3. The molecule has 0 unspecified atom stereocenters. The molecule has 0 aliphatic carbocycles. The second-order valence-electron chi connectivity index (χ2n) is 7.34. The van der Waals surface area contributed by atoms with E-state index >= 15 is 0 Å². The lowest BCUT2D eigenvalue weighted by Gasteiger charge is -2.43. The average Bonchev–Trinajstić information content (AvgIpc) is 2.62. The van der Waals surface area contributed by atoms with Crippen molar-refractivity contribution in [2.45, 2.75) is 38.5 Å². The largest absolute Gasteiger partial charge is 0.303 e. The first-order valence-corrected chi connectivity index (χ1v) is 9.04. The van der Waals surface area contributed by atoms with Crippen molar-refractivity contribution >= 4 is 0 Å². The van der Waals surface area contributed by atoms with Gasteiger partial charge in [-0.3, -0.25) is 0 Å². The standard InChI is InChI=1S/C22H29N/c1-19(2)13-16-23-17-14-22(15-18-23,20-9-5-3-6-10-20)21-11-7-4-8-12-21/h3-12,19H,13-18H2,1-2H3. The van der Waals surface area contributed by atoms with Crippen LogP contribution >= 0.6 is 0 Å². The third-order valence-electron chi connectivity index (χ3n) is 5.39. The molecule has 1 aliphatic heterocycles. The predicted octanol–water partition coefficient (Wildman–Crippen LogP) is 5.11. The van der Waals surface area contributed by atoms with E-state index < -0.39 is 0 Å². The summed E-state index contributed by atoms with van der Waals surface area (Å²) in [5, 5.41) is 0. The summed E-state index contributed by atoms with van der Waals surface area (Å²) < 4.78 is 0. The summed E-state index contributed by atoms with van der Waals surface area (Å²) in [6.45, 7) is 8.30. The number of piperidine rings is 1. The first-order valence-electron chi connectivity index (χ1n) is 9.04. The molecule has 1 nitrogen and oxygen atoms in total. The summed E-state index contributed by atoms with van der Waals surface area (Å²) >= 11 is 0. The van der Waals surface area contributed by atoms with E-state index in [0.29, 0.717) is 0 Å². The molecule has 3 rings (SSSR count). The molecule has 0 bridgehead atoms. The van der Waals surface area contributed by atoms with Gasteiger partial charge >= 0.3 is 0 Å². The molecule has 0 radical (unpaired) electrons. The molecule has 0 saturated carbocycles. The van der Waals surface area contributed by atoms with Crippen LogP contribution in [-0.2, 0) is 5.41 Å². The van der Waals surface area contributed by atoms with Crippen molar-refractivity contribution in [3.8, 4) is 0 Å². The van der Waals surface area contributed by atoms with E-state index in [9.17, 15) is 0 Å². The molecule has 0 aromatic heterocycles. The second kappa shape index (κ2) is 7.31. The maximum Gasteiger partial charge on any atom is 0.0227 e. The molecule has 23 heavy (non-hydrogen) atoms. The van der Waals surface area contributed by atoms with Crippen molar-refractivity contribution < 1.29 is 0 Å². The molecule has 1 heterocycles. The van der Waals surface area contributed by atoms with Gasteiger partial charge in [0, 0.05) is 5.41 Å². The van der Waals surface area contributed by atoms with Crippen molar-refractivity contribution in [1.29, 1.82) is 0 Å². The Morgan fingerprint density at radius 1 is 0.826 bits per heavy atom. The fourth-order valence-electron chi connectivity index (χ4n) is 3.86. The van der Waals surface area contributed by atoms with Crippen molar-refractivity contribution in [3.63, 3.8) is 0 Å². The molecule has 0 spiro atoms. The molecule has 1 fully saturated rings. The number of likely N-dealkylation sites (tertiary alicyclic amines) is 1. The minimum absolute atomic E-state index is 0.191. The van der Waals surface area contributed by atoms with Crippen LogP contribution in [0.3, 0.4) is 0 Å². The van der Waals surface area contributed by atoms with Gasteiger partial charge in [-0.2, -0.15) is 0 Å². The van der Waals surface area contributed by atoms with E-state index in [1.807, 2.05) is 0 Å². The molecule has 0 amide bonds. The SMILES string of the molecule is CC(C)CCN1CCC(c2ccccc2)(c2ccccc2)CC1. The maximum atomic E-state index is 2.66. The summed E-state index contributed by atoms with van der Waals surface area (Å²) in [6.07, 6.45) is 3.75. The van der Waals surface area contributed by atoms with Crippen LogP contribution < -0.4 is 0 Å².